The van der Waals surface area contributed by atoms with Crippen LogP contribution in [0.25, 0.3) is 0 Å². The Morgan fingerprint density at radius 2 is 1.26 bits per heavy atom. The lowest BCUT2D eigenvalue weighted by atomic mass is 9.90. The van der Waals surface area contributed by atoms with Gasteiger partial charge in [0.1, 0.15) is 48.8 Å². The average Bonchev–Trinajstić information content (AvgIpc) is 2.68. The summed E-state index contributed by atoms with van der Waals surface area (Å²) in [7, 11) is 0. The van der Waals surface area contributed by atoms with Crippen molar-refractivity contribution in [2.75, 3.05) is 6.61 Å². The molecule has 6 N–H and O–H groups in total. The Morgan fingerprint density at radius 1 is 0.737 bits per heavy atom. The van der Waals surface area contributed by atoms with Crippen LogP contribution in [0.2, 0.25) is 0 Å². The quantitative estimate of drug-likeness (QED) is 0.304. The van der Waals surface area contributed by atoms with Crippen LogP contribution >= 0.6 is 0 Å². The molecular formula is C11H20O8. The van der Waals surface area contributed by atoms with Crippen molar-refractivity contribution in [1.29, 1.82) is 0 Å². The summed E-state index contributed by atoms with van der Waals surface area (Å²) in [6.07, 6.45) is -10.7. The van der Waals surface area contributed by atoms with Gasteiger partial charge in [-0.15, -0.1) is 0 Å². The Bertz CT molecular complexity index is 313. The molecule has 0 aromatic rings. The van der Waals surface area contributed by atoms with Gasteiger partial charge in [-0.25, -0.2) is 0 Å². The largest absolute Gasteiger partial charge is 0.394 e. The highest BCUT2D eigenvalue weighted by atomic mass is 16.6. The number of ether oxygens (including phenoxy) is 2. The van der Waals surface area contributed by atoms with Gasteiger partial charge in [0, 0.05) is 0 Å². The van der Waals surface area contributed by atoms with Gasteiger partial charge in [0.2, 0.25) is 0 Å². The zero-order chi connectivity index (χ0) is 14.3. The van der Waals surface area contributed by atoms with E-state index < -0.39 is 61.5 Å². The van der Waals surface area contributed by atoms with Gasteiger partial charge in [0.25, 0.3) is 0 Å². The van der Waals surface area contributed by atoms with Crippen LogP contribution in [-0.2, 0) is 9.47 Å². The van der Waals surface area contributed by atoms with Gasteiger partial charge in [-0.2, -0.15) is 0 Å². The Balaban J connectivity index is 2.13. The molecule has 2 aliphatic heterocycles. The van der Waals surface area contributed by atoms with Crippen molar-refractivity contribution in [3.63, 3.8) is 0 Å². The van der Waals surface area contributed by atoms with Gasteiger partial charge in [0.15, 0.2) is 0 Å². The molecule has 8 nitrogen and oxygen atoms in total. The second kappa shape index (κ2) is 5.58. The molecule has 0 aliphatic carbocycles. The zero-order valence-corrected chi connectivity index (χ0v) is 10.4. The molecule has 9 atom stereocenters. The fourth-order valence-corrected chi connectivity index (χ4v) is 2.55. The summed E-state index contributed by atoms with van der Waals surface area (Å²) < 4.78 is 10.6. The van der Waals surface area contributed by atoms with Crippen molar-refractivity contribution in [1.82, 2.24) is 0 Å². The van der Waals surface area contributed by atoms with E-state index in [1.807, 2.05) is 0 Å². The Hall–Kier alpha value is -0.320. The highest BCUT2D eigenvalue weighted by Gasteiger charge is 2.53. The van der Waals surface area contributed by atoms with Crippen LogP contribution in [0.3, 0.4) is 0 Å². The number of rotatable bonds is 2. The molecule has 2 aliphatic rings. The summed E-state index contributed by atoms with van der Waals surface area (Å²) in [6.45, 7) is 1.02. The van der Waals surface area contributed by atoms with Gasteiger partial charge in [-0.3, -0.25) is 0 Å². The fourth-order valence-electron chi connectivity index (χ4n) is 2.55. The predicted octanol–water partition coefficient (Wildman–Crippen LogP) is -3.66. The standard InChI is InChI=1S/C11H20O8/c1-3-5(13)7(15)9(17)10(18-3)11-8(16)6(14)4(2-12)19-11/h3-17H,2H2,1H3/t3-,4-,5+,6-,7+,8+,9-,10?,11?/m1/s1. The van der Waals surface area contributed by atoms with Crippen LogP contribution in [0.15, 0.2) is 0 Å². The molecule has 0 aromatic carbocycles. The molecule has 2 heterocycles. The monoisotopic (exact) mass is 280 g/mol. The molecule has 0 radical (unpaired) electrons. The second-order valence-electron chi connectivity index (χ2n) is 5.08. The summed E-state index contributed by atoms with van der Waals surface area (Å²) in [5, 5.41) is 57.6. The number of aliphatic hydroxyl groups excluding tert-OH is 6. The van der Waals surface area contributed by atoms with E-state index in [1.54, 1.807) is 0 Å². The summed E-state index contributed by atoms with van der Waals surface area (Å²) in [4.78, 5) is 0. The van der Waals surface area contributed by atoms with E-state index in [2.05, 4.69) is 0 Å². The first-order valence-electron chi connectivity index (χ1n) is 6.20. The average molecular weight is 280 g/mol. The Kier molecular flexibility index (Phi) is 4.43. The number of hydrogen-bond acceptors (Lipinski definition) is 8. The molecule has 2 rings (SSSR count). The van der Waals surface area contributed by atoms with Gasteiger partial charge >= 0.3 is 0 Å². The van der Waals surface area contributed by atoms with Crippen molar-refractivity contribution in [3.05, 3.63) is 0 Å². The third-order valence-corrected chi connectivity index (χ3v) is 3.79. The minimum absolute atomic E-state index is 0.488. The van der Waals surface area contributed by atoms with Gasteiger partial charge < -0.3 is 40.1 Å². The van der Waals surface area contributed by atoms with Crippen LogP contribution in [0.5, 0.6) is 0 Å². The number of hydrogen-bond donors (Lipinski definition) is 6. The van der Waals surface area contributed by atoms with Crippen molar-refractivity contribution < 1.29 is 40.1 Å². The fraction of sp³-hybridized carbons (Fsp3) is 1.00. The highest BCUT2D eigenvalue weighted by Crippen LogP contribution is 2.31. The number of aliphatic hydroxyl groups is 6. The smallest absolute Gasteiger partial charge is 0.115 e. The molecule has 19 heavy (non-hydrogen) atoms. The zero-order valence-electron chi connectivity index (χ0n) is 10.4. The third-order valence-electron chi connectivity index (χ3n) is 3.79. The first-order valence-corrected chi connectivity index (χ1v) is 6.20. The molecule has 8 heteroatoms. The Morgan fingerprint density at radius 3 is 1.79 bits per heavy atom. The molecule has 2 saturated heterocycles. The molecule has 0 spiro atoms. The Labute approximate surface area is 109 Å². The minimum Gasteiger partial charge on any atom is -0.394 e. The second-order valence-corrected chi connectivity index (χ2v) is 5.08. The molecular weight excluding hydrogens is 260 g/mol. The van der Waals surface area contributed by atoms with E-state index >= 15 is 0 Å². The molecule has 2 unspecified atom stereocenters. The molecule has 0 amide bonds. The lowest BCUT2D eigenvalue weighted by Gasteiger charge is -2.42. The molecule has 112 valence electrons. The summed E-state index contributed by atoms with van der Waals surface area (Å²) >= 11 is 0. The molecule has 0 bridgehead atoms. The summed E-state index contributed by atoms with van der Waals surface area (Å²) in [6, 6.07) is 0. The van der Waals surface area contributed by atoms with Gasteiger partial charge in [0.05, 0.1) is 12.7 Å². The van der Waals surface area contributed by atoms with E-state index in [1.165, 1.54) is 6.92 Å². The van der Waals surface area contributed by atoms with Crippen LogP contribution in [0.4, 0.5) is 0 Å². The predicted molar refractivity (Wildman–Crippen MR) is 60.1 cm³/mol. The first-order chi connectivity index (χ1) is 8.88. The maximum Gasteiger partial charge on any atom is 0.115 e. The lowest BCUT2D eigenvalue weighted by Crippen LogP contribution is -2.61. The summed E-state index contributed by atoms with van der Waals surface area (Å²) in [5.41, 5.74) is 0. The molecule has 0 saturated carbocycles. The van der Waals surface area contributed by atoms with E-state index in [-0.39, 0.29) is 0 Å². The maximum atomic E-state index is 9.88. The van der Waals surface area contributed by atoms with E-state index in [0.29, 0.717) is 0 Å². The van der Waals surface area contributed by atoms with Crippen LogP contribution < -0.4 is 0 Å². The summed E-state index contributed by atoms with van der Waals surface area (Å²) in [5.74, 6) is 0. The van der Waals surface area contributed by atoms with Crippen molar-refractivity contribution in [2.45, 2.75) is 61.9 Å². The topological polar surface area (TPSA) is 140 Å². The van der Waals surface area contributed by atoms with E-state index in [4.69, 9.17) is 14.6 Å². The van der Waals surface area contributed by atoms with Crippen molar-refractivity contribution >= 4 is 0 Å². The normalized spacial score (nSPS) is 55.4. The maximum absolute atomic E-state index is 9.88. The first kappa shape index (κ1) is 15.1. The highest BCUT2D eigenvalue weighted by molar-refractivity contribution is 5.01. The van der Waals surface area contributed by atoms with Crippen LogP contribution in [-0.4, -0.2) is 92.2 Å². The SMILES string of the molecule is C[C@H]1OC(C2O[C@H](CO)[C@@H](O)[C@@H]2O)[C@H](O)[C@@H](O)[C@H]1O. The van der Waals surface area contributed by atoms with Gasteiger partial charge in [-0.1, -0.05) is 0 Å². The lowest BCUT2D eigenvalue weighted by molar-refractivity contribution is -0.248. The van der Waals surface area contributed by atoms with Crippen molar-refractivity contribution in [2.24, 2.45) is 0 Å². The van der Waals surface area contributed by atoms with E-state index in [9.17, 15) is 25.5 Å². The van der Waals surface area contributed by atoms with Crippen LogP contribution in [0, 0.1) is 0 Å². The van der Waals surface area contributed by atoms with Crippen molar-refractivity contribution in [3.8, 4) is 0 Å². The third kappa shape index (κ3) is 2.50. The van der Waals surface area contributed by atoms with Gasteiger partial charge in [-0.05, 0) is 6.92 Å². The molecule has 2 fully saturated rings. The minimum atomic E-state index is -1.46. The molecule has 0 aromatic heterocycles. The van der Waals surface area contributed by atoms with Crippen LogP contribution in [0.1, 0.15) is 6.92 Å². The van der Waals surface area contributed by atoms with E-state index in [0.717, 1.165) is 0 Å².